The van der Waals surface area contributed by atoms with Crippen LogP contribution in [0.2, 0.25) is 0 Å². The number of rotatable bonds is 7. The molecule has 116 valence electrons. The van der Waals surface area contributed by atoms with Gasteiger partial charge in [-0.25, -0.2) is 0 Å². The van der Waals surface area contributed by atoms with E-state index in [-0.39, 0.29) is 24.5 Å². The van der Waals surface area contributed by atoms with Crippen LogP contribution in [0.4, 0.5) is 0 Å². The van der Waals surface area contributed by atoms with E-state index in [1.807, 2.05) is 39.8 Å². The van der Waals surface area contributed by atoms with E-state index in [2.05, 4.69) is 11.4 Å². The molecule has 1 aliphatic carbocycles. The van der Waals surface area contributed by atoms with Gasteiger partial charge in [0.15, 0.2) is 0 Å². The van der Waals surface area contributed by atoms with Crippen molar-refractivity contribution in [3.05, 3.63) is 29.3 Å². The van der Waals surface area contributed by atoms with Crippen molar-refractivity contribution in [3.63, 3.8) is 0 Å². The van der Waals surface area contributed by atoms with Gasteiger partial charge in [0, 0.05) is 6.04 Å². The van der Waals surface area contributed by atoms with Crippen LogP contribution >= 0.6 is 0 Å². The molecule has 4 heteroatoms. The van der Waals surface area contributed by atoms with Crippen LogP contribution in [0.5, 0.6) is 5.75 Å². The van der Waals surface area contributed by atoms with Crippen LogP contribution in [0.25, 0.3) is 0 Å². The zero-order chi connectivity index (χ0) is 15.6. The third-order valence-corrected chi connectivity index (χ3v) is 3.92. The molecule has 1 amide bonds. The lowest BCUT2D eigenvalue weighted by Gasteiger charge is -2.33. The van der Waals surface area contributed by atoms with Crippen molar-refractivity contribution >= 4 is 5.91 Å². The molecule has 1 atom stereocenters. The Hall–Kier alpha value is -1.55. The minimum absolute atomic E-state index is 0.181. The highest BCUT2D eigenvalue weighted by Gasteiger charge is 2.50. The van der Waals surface area contributed by atoms with E-state index in [1.54, 1.807) is 0 Å². The number of benzene rings is 1. The number of aryl methyl sites for hydroxylation is 2. The summed E-state index contributed by atoms with van der Waals surface area (Å²) in [6.45, 7) is 8.41. The average molecular weight is 290 g/mol. The lowest BCUT2D eigenvalue weighted by Crippen LogP contribution is -2.62. The van der Waals surface area contributed by atoms with Gasteiger partial charge in [0.2, 0.25) is 5.91 Å². The predicted molar refractivity (Wildman–Crippen MR) is 84.3 cm³/mol. The SMILES string of the molecule is Cc1cc(C)cc(OCC(NC(C)C)(C(N)=O)C2CC2)c1. The minimum Gasteiger partial charge on any atom is -0.491 e. The highest BCUT2D eigenvalue weighted by atomic mass is 16.5. The Bertz CT molecular complexity index is 503. The maximum Gasteiger partial charge on any atom is 0.241 e. The zero-order valence-corrected chi connectivity index (χ0v) is 13.4. The van der Waals surface area contributed by atoms with Gasteiger partial charge in [-0.1, -0.05) is 6.07 Å². The first-order chi connectivity index (χ1) is 9.83. The van der Waals surface area contributed by atoms with Crippen LogP contribution in [0.3, 0.4) is 0 Å². The standard InChI is InChI=1S/C17H26N2O2/c1-11(2)19-17(16(18)20,14-5-6-14)10-21-15-8-12(3)7-13(4)9-15/h7-9,11,14,19H,5-6,10H2,1-4H3,(H2,18,20). The first-order valence-electron chi connectivity index (χ1n) is 7.62. The third-order valence-electron chi connectivity index (χ3n) is 3.92. The third kappa shape index (κ3) is 3.76. The fraction of sp³-hybridized carbons (Fsp3) is 0.588. The summed E-state index contributed by atoms with van der Waals surface area (Å²) < 4.78 is 5.93. The Kier molecular flexibility index (Phi) is 4.57. The van der Waals surface area contributed by atoms with Crippen LogP contribution in [-0.2, 0) is 4.79 Å². The Labute approximate surface area is 127 Å². The van der Waals surface area contributed by atoms with E-state index in [9.17, 15) is 4.79 Å². The van der Waals surface area contributed by atoms with Crippen molar-refractivity contribution in [1.82, 2.24) is 5.32 Å². The molecule has 2 rings (SSSR count). The number of nitrogens with one attached hydrogen (secondary N) is 1. The topological polar surface area (TPSA) is 64.3 Å². The summed E-state index contributed by atoms with van der Waals surface area (Å²) in [5, 5.41) is 3.35. The van der Waals surface area contributed by atoms with Crippen LogP contribution in [0, 0.1) is 19.8 Å². The van der Waals surface area contributed by atoms with Gasteiger partial charge in [0.05, 0.1) is 0 Å². The summed E-state index contributed by atoms with van der Waals surface area (Å²) in [5.74, 6) is 0.760. The van der Waals surface area contributed by atoms with Gasteiger partial charge in [-0.15, -0.1) is 0 Å². The number of carbonyl (C=O) groups excluding carboxylic acids is 1. The number of hydrogen-bond acceptors (Lipinski definition) is 3. The Morgan fingerprint density at radius 1 is 1.33 bits per heavy atom. The molecule has 0 spiro atoms. The molecule has 1 aliphatic rings. The summed E-state index contributed by atoms with van der Waals surface area (Å²) in [6, 6.07) is 6.25. The lowest BCUT2D eigenvalue weighted by atomic mass is 9.92. The molecular formula is C17H26N2O2. The molecule has 1 fully saturated rings. The Balaban J connectivity index is 2.16. The second-order valence-corrected chi connectivity index (χ2v) is 6.52. The maximum absolute atomic E-state index is 12.1. The number of amides is 1. The molecule has 0 heterocycles. The van der Waals surface area contributed by atoms with Crippen molar-refractivity contribution in [2.75, 3.05) is 6.61 Å². The van der Waals surface area contributed by atoms with E-state index >= 15 is 0 Å². The molecule has 0 bridgehead atoms. The van der Waals surface area contributed by atoms with E-state index in [0.29, 0.717) is 0 Å². The zero-order valence-electron chi connectivity index (χ0n) is 13.4. The van der Waals surface area contributed by atoms with E-state index in [4.69, 9.17) is 10.5 Å². The van der Waals surface area contributed by atoms with Gasteiger partial charge in [-0.05, 0) is 69.7 Å². The maximum atomic E-state index is 12.1. The summed E-state index contributed by atoms with van der Waals surface area (Å²) in [7, 11) is 0. The summed E-state index contributed by atoms with van der Waals surface area (Å²) >= 11 is 0. The second-order valence-electron chi connectivity index (χ2n) is 6.52. The molecule has 3 N–H and O–H groups in total. The van der Waals surface area contributed by atoms with Crippen molar-refractivity contribution in [2.45, 2.75) is 52.1 Å². The summed E-state index contributed by atoms with van der Waals surface area (Å²) in [5.41, 5.74) is 7.25. The summed E-state index contributed by atoms with van der Waals surface area (Å²) in [4.78, 5) is 12.1. The first kappa shape index (κ1) is 15.8. The molecule has 4 nitrogen and oxygen atoms in total. The number of hydrogen-bond donors (Lipinski definition) is 2. The van der Waals surface area contributed by atoms with Crippen LogP contribution < -0.4 is 15.8 Å². The molecular weight excluding hydrogens is 264 g/mol. The van der Waals surface area contributed by atoms with Gasteiger partial charge in [0.25, 0.3) is 0 Å². The van der Waals surface area contributed by atoms with Gasteiger partial charge >= 0.3 is 0 Å². The number of ether oxygens (including phenoxy) is 1. The summed E-state index contributed by atoms with van der Waals surface area (Å²) in [6.07, 6.45) is 2.05. The molecule has 1 aromatic carbocycles. The van der Waals surface area contributed by atoms with Gasteiger partial charge < -0.3 is 10.5 Å². The molecule has 0 aliphatic heterocycles. The predicted octanol–water partition coefficient (Wildman–Crippen LogP) is 2.31. The largest absolute Gasteiger partial charge is 0.491 e. The lowest BCUT2D eigenvalue weighted by molar-refractivity contribution is -0.127. The fourth-order valence-corrected chi connectivity index (χ4v) is 2.93. The highest BCUT2D eigenvalue weighted by Crippen LogP contribution is 2.40. The van der Waals surface area contributed by atoms with E-state index in [0.717, 1.165) is 29.7 Å². The fourth-order valence-electron chi connectivity index (χ4n) is 2.93. The number of primary amides is 1. The Morgan fingerprint density at radius 3 is 2.33 bits per heavy atom. The smallest absolute Gasteiger partial charge is 0.241 e. The average Bonchev–Trinajstić information content (AvgIpc) is 3.16. The molecule has 0 radical (unpaired) electrons. The van der Waals surface area contributed by atoms with Crippen molar-refractivity contribution in [3.8, 4) is 5.75 Å². The first-order valence-corrected chi connectivity index (χ1v) is 7.62. The van der Waals surface area contributed by atoms with Crippen LogP contribution in [-0.4, -0.2) is 24.1 Å². The van der Waals surface area contributed by atoms with E-state index in [1.165, 1.54) is 0 Å². The van der Waals surface area contributed by atoms with Crippen molar-refractivity contribution in [1.29, 1.82) is 0 Å². The minimum atomic E-state index is -0.758. The van der Waals surface area contributed by atoms with Crippen molar-refractivity contribution < 1.29 is 9.53 Å². The normalized spacial score (nSPS) is 17.6. The number of nitrogens with two attached hydrogens (primary N) is 1. The van der Waals surface area contributed by atoms with Crippen molar-refractivity contribution in [2.24, 2.45) is 11.7 Å². The molecule has 0 aromatic heterocycles. The van der Waals surface area contributed by atoms with Crippen LogP contribution in [0.15, 0.2) is 18.2 Å². The monoisotopic (exact) mass is 290 g/mol. The van der Waals surface area contributed by atoms with E-state index < -0.39 is 5.54 Å². The van der Waals surface area contributed by atoms with Crippen LogP contribution in [0.1, 0.15) is 37.8 Å². The molecule has 0 saturated heterocycles. The van der Waals surface area contributed by atoms with Gasteiger partial charge in [-0.3, -0.25) is 10.1 Å². The highest BCUT2D eigenvalue weighted by molar-refractivity contribution is 5.86. The second kappa shape index (κ2) is 6.06. The molecule has 1 saturated carbocycles. The molecule has 21 heavy (non-hydrogen) atoms. The van der Waals surface area contributed by atoms with Gasteiger partial charge in [-0.2, -0.15) is 0 Å². The molecule has 1 aromatic rings. The Morgan fingerprint density at radius 2 is 1.90 bits per heavy atom. The van der Waals surface area contributed by atoms with Gasteiger partial charge in [0.1, 0.15) is 17.9 Å². The quantitative estimate of drug-likeness (QED) is 0.810. The molecule has 1 unspecified atom stereocenters. The number of carbonyl (C=O) groups is 1.